The van der Waals surface area contributed by atoms with Crippen molar-refractivity contribution in [2.75, 3.05) is 4.90 Å². The van der Waals surface area contributed by atoms with Crippen LogP contribution in [0.15, 0.2) is 247 Å². The molecule has 0 saturated carbocycles. The highest BCUT2D eigenvalue weighted by Gasteiger charge is 2.21. The Bertz CT molecular complexity index is 3910. The average molecular weight is 829 g/mol. The number of furan rings is 1. The molecule has 3 nitrogen and oxygen atoms in total. The summed E-state index contributed by atoms with van der Waals surface area (Å²) in [5, 5.41) is 9.63. The van der Waals surface area contributed by atoms with Gasteiger partial charge < -0.3 is 13.9 Å². The first-order valence-corrected chi connectivity index (χ1v) is 22.2. The van der Waals surface area contributed by atoms with Gasteiger partial charge in [0.2, 0.25) is 0 Å². The van der Waals surface area contributed by atoms with Crippen LogP contribution in [0.4, 0.5) is 17.1 Å². The Kier molecular flexibility index (Phi) is 8.53. The lowest BCUT2D eigenvalue weighted by Crippen LogP contribution is -2.12. The maximum atomic E-state index is 6.42. The van der Waals surface area contributed by atoms with Crippen LogP contribution in [0.1, 0.15) is 0 Å². The van der Waals surface area contributed by atoms with Gasteiger partial charge in [-0.3, -0.25) is 0 Å². The van der Waals surface area contributed by atoms with E-state index in [9.17, 15) is 0 Å². The largest absolute Gasteiger partial charge is 0.456 e. The van der Waals surface area contributed by atoms with E-state index in [2.05, 4.69) is 240 Å². The van der Waals surface area contributed by atoms with Crippen molar-refractivity contribution < 1.29 is 4.42 Å². The second-order valence-electron chi connectivity index (χ2n) is 16.9. The Labute approximate surface area is 376 Å². The summed E-state index contributed by atoms with van der Waals surface area (Å²) < 4.78 is 8.81. The molecule has 0 aliphatic heterocycles. The third kappa shape index (κ3) is 6.12. The molecule has 13 rings (SSSR count). The standard InChI is InChI=1S/C62H40N2O/c1-2-21-51-42(14-1)30-31-43-15-13-28-59(62(43)51)63(56-25-7-3-20-50(56)47-34-37-55-54-24-6-10-29-60(54)65-61(55)40-47)48-35-32-41(33-36-48)44-16-11-17-45(38-44)46-18-12-19-49(39-46)64-57-26-8-4-22-52(57)53-23-5-9-27-58(53)64/h1-40H. The number of aromatic nitrogens is 1. The molecule has 13 aromatic rings. The van der Waals surface area contributed by atoms with Gasteiger partial charge in [0, 0.05) is 43.9 Å². The van der Waals surface area contributed by atoms with Gasteiger partial charge in [0.05, 0.1) is 22.4 Å². The molecule has 0 saturated heterocycles. The number of hydrogen-bond donors (Lipinski definition) is 0. The van der Waals surface area contributed by atoms with Crippen LogP contribution in [0.25, 0.3) is 104 Å². The van der Waals surface area contributed by atoms with Crippen molar-refractivity contribution in [2.45, 2.75) is 0 Å². The molecule has 0 spiro atoms. The minimum Gasteiger partial charge on any atom is -0.456 e. The predicted molar refractivity (Wildman–Crippen MR) is 274 cm³/mol. The number of para-hydroxylation sites is 4. The van der Waals surface area contributed by atoms with Crippen molar-refractivity contribution >= 4 is 82.4 Å². The van der Waals surface area contributed by atoms with Crippen LogP contribution in [0.5, 0.6) is 0 Å². The zero-order valence-corrected chi connectivity index (χ0v) is 35.4. The maximum absolute atomic E-state index is 6.42. The van der Waals surface area contributed by atoms with Crippen LogP contribution < -0.4 is 4.90 Å². The van der Waals surface area contributed by atoms with E-state index >= 15 is 0 Å². The molecule has 65 heavy (non-hydrogen) atoms. The van der Waals surface area contributed by atoms with Crippen LogP contribution in [-0.4, -0.2) is 4.57 Å². The van der Waals surface area contributed by atoms with Gasteiger partial charge in [-0.25, -0.2) is 0 Å². The summed E-state index contributed by atoms with van der Waals surface area (Å²) in [6.07, 6.45) is 0. The average Bonchev–Trinajstić information content (AvgIpc) is 3.92. The highest BCUT2D eigenvalue weighted by Crippen LogP contribution is 2.46. The molecule has 0 radical (unpaired) electrons. The molecule has 0 aliphatic rings. The van der Waals surface area contributed by atoms with Crippen molar-refractivity contribution in [1.29, 1.82) is 0 Å². The second kappa shape index (κ2) is 15.0. The monoisotopic (exact) mass is 828 g/mol. The summed E-state index contributed by atoms with van der Waals surface area (Å²) in [6.45, 7) is 0. The van der Waals surface area contributed by atoms with E-state index in [0.717, 1.165) is 61.4 Å². The third-order valence-corrected chi connectivity index (χ3v) is 13.2. The molecule has 0 unspecified atom stereocenters. The molecule has 0 atom stereocenters. The quantitative estimate of drug-likeness (QED) is 0.149. The van der Waals surface area contributed by atoms with Gasteiger partial charge in [0.25, 0.3) is 0 Å². The van der Waals surface area contributed by atoms with E-state index in [1.54, 1.807) is 0 Å². The number of hydrogen-bond acceptors (Lipinski definition) is 2. The van der Waals surface area contributed by atoms with Crippen LogP contribution in [-0.2, 0) is 0 Å². The van der Waals surface area contributed by atoms with E-state index in [1.807, 2.05) is 12.1 Å². The molecule has 2 aromatic heterocycles. The van der Waals surface area contributed by atoms with Crippen LogP contribution in [0.3, 0.4) is 0 Å². The third-order valence-electron chi connectivity index (χ3n) is 13.2. The molecule has 304 valence electrons. The van der Waals surface area contributed by atoms with E-state index < -0.39 is 0 Å². The Morgan fingerprint density at radius 1 is 0.323 bits per heavy atom. The van der Waals surface area contributed by atoms with Crippen molar-refractivity contribution in [3.63, 3.8) is 0 Å². The van der Waals surface area contributed by atoms with Crippen LogP contribution >= 0.6 is 0 Å². The minimum atomic E-state index is 0.881. The first kappa shape index (κ1) is 36.9. The van der Waals surface area contributed by atoms with E-state index in [-0.39, 0.29) is 0 Å². The highest BCUT2D eigenvalue weighted by atomic mass is 16.3. The fourth-order valence-corrected chi connectivity index (χ4v) is 10.1. The SMILES string of the molecule is c1cc(-c2ccc(N(c3ccccc3-c3ccc4c(c3)oc3ccccc34)c3cccc4ccc5ccccc5c34)cc2)cc(-c2cccc(-n3c4ccccc4c4ccccc43)c2)c1. The molecule has 0 amide bonds. The van der Waals surface area contributed by atoms with Gasteiger partial charge in [-0.1, -0.05) is 170 Å². The molecule has 0 aliphatic carbocycles. The first-order chi connectivity index (χ1) is 32.2. The van der Waals surface area contributed by atoms with E-state index in [1.165, 1.54) is 60.0 Å². The summed E-state index contributed by atoms with van der Waals surface area (Å²) in [5.41, 5.74) is 15.5. The van der Waals surface area contributed by atoms with Crippen molar-refractivity contribution in [3.8, 4) is 39.1 Å². The Morgan fingerprint density at radius 2 is 0.892 bits per heavy atom. The zero-order valence-electron chi connectivity index (χ0n) is 35.4. The maximum Gasteiger partial charge on any atom is 0.136 e. The summed E-state index contributed by atoms with van der Waals surface area (Å²) >= 11 is 0. The molecule has 0 fully saturated rings. The van der Waals surface area contributed by atoms with Gasteiger partial charge in [-0.2, -0.15) is 0 Å². The summed E-state index contributed by atoms with van der Waals surface area (Å²) in [4.78, 5) is 2.44. The predicted octanol–water partition coefficient (Wildman–Crippen LogP) is 17.5. The minimum absolute atomic E-state index is 0.881. The van der Waals surface area contributed by atoms with E-state index in [4.69, 9.17) is 4.42 Å². The number of fused-ring (bicyclic) bond motifs is 9. The second-order valence-corrected chi connectivity index (χ2v) is 16.9. The number of rotatable bonds is 7. The zero-order chi connectivity index (χ0) is 42.8. The molecular formula is C62H40N2O. The number of anilines is 3. The molecular weight excluding hydrogens is 789 g/mol. The fourth-order valence-electron chi connectivity index (χ4n) is 10.1. The highest BCUT2D eigenvalue weighted by molar-refractivity contribution is 6.16. The van der Waals surface area contributed by atoms with Crippen LogP contribution in [0, 0.1) is 0 Å². The van der Waals surface area contributed by atoms with Crippen LogP contribution in [0.2, 0.25) is 0 Å². The van der Waals surface area contributed by atoms with Gasteiger partial charge in [-0.05, 0) is 117 Å². The van der Waals surface area contributed by atoms with Crippen molar-refractivity contribution in [2.24, 2.45) is 0 Å². The topological polar surface area (TPSA) is 21.3 Å². The normalized spacial score (nSPS) is 11.7. The number of benzene rings is 11. The molecule has 11 aromatic carbocycles. The van der Waals surface area contributed by atoms with Gasteiger partial charge in [0.15, 0.2) is 0 Å². The Morgan fingerprint density at radius 3 is 1.71 bits per heavy atom. The lowest BCUT2D eigenvalue weighted by atomic mass is 9.96. The number of nitrogens with zero attached hydrogens (tertiary/aromatic N) is 2. The molecule has 3 heteroatoms. The van der Waals surface area contributed by atoms with Gasteiger partial charge in [0.1, 0.15) is 11.2 Å². The lowest BCUT2D eigenvalue weighted by molar-refractivity contribution is 0.669. The molecule has 0 bridgehead atoms. The smallest absolute Gasteiger partial charge is 0.136 e. The fraction of sp³-hybridized carbons (Fsp3) is 0. The molecule has 0 N–H and O–H groups in total. The van der Waals surface area contributed by atoms with Crippen molar-refractivity contribution in [1.82, 2.24) is 4.57 Å². The molecule has 2 heterocycles. The Balaban J connectivity index is 0.928. The summed E-state index contributed by atoms with van der Waals surface area (Å²) in [7, 11) is 0. The summed E-state index contributed by atoms with van der Waals surface area (Å²) in [6, 6.07) is 87.8. The van der Waals surface area contributed by atoms with Gasteiger partial charge in [-0.15, -0.1) is 0 Å². The first-order valence-electron chi connectivity index (χ1n) is 22.2. The van der Waals surface area contributed by atoms with Crippen molar-refractivity contribution in [3.05, 3.63) is 243 Å². The van der Waals surface area contributed by atoms with E-state index in [0.29, 0.717) is 0 Å². The lowest BCUT2D eigenvalue weighted by Gasteiger charge is -2.29. The Hall–Kier alpha value is -8.66. The summed E-state index contributed by atoms with van der Waals surface area (Å²) in [5.74, 6) is 0. The van der Waals surface area contributed by atoms with Gasteiger partial charge >= 0.3 is 0 Å².